The number of anilines is 3. The first kappa shape index (κ1) is 18.7. The van der Waals surface area contributed by atoms with E-state index in [-0.39, 0.29) is 11.7 Å². The predicted molar refractivity (Wildman–Crippen MR) is 112 cm³/mol. The highest BCUT2D eigenvalue weighted by atomic mass is 19.1. The first-order valence-corrected chi connectivity index (χ1v) is 9.92. The summed E-state index contributed by atoms with van der Waals surface area (Å²) in [5.74, 6) is -0.398. The van der Waals surface area contributed by atoms with E-state index in [1.807, 2.05) is 25.1 Å². The van der Waals surface area contributed by atoms with E-state index < -0.39 is 6.04 Å². The number of hydrogen-bond acceptors (Lipinski definition) is 4. The summed E-state index contributed by atoms with van der Waals surface area (Å²) in [4.78, 5) is 15.1. The standard InChI is InChI=1S/C22H27FN4O/c1-14-6-7-19(23)18-13-20(26-21(14)18)22(28)25-15-4-3-5-17(12-15)27(2)16-8-10-24-11-9-16/h3-7,12,16,20,24,26H,8-11,13H2,1-2H3,(H,25,28). The van der Waals surface area contributed by atoms with Crippen LogP contribution >= 0.6 is 0 Å². The molecule has 3 N–H and O–H groups in total. The molecule has 28 heavy (non-hydrogen) atoms. The molecule has 1 atom stereocenters. The first-order valence-electron chi connectivity index (χ1n) is 9.92. The molecule has 1 unspecified atom stereocenters. The molecule has 1 saturated heterocycles. The highest BCUT2D eigenvalue weighted by Crippen LogP contribution is 2.32. The van der Waals surface area contributed by atoms with Gasteiger partial charge >= 0.3 is 0 Å². The van der Waals surface area contributed by atoms with Gasteiger partial charge in [-0.25, -0.2) is 4.39 Å². The van der Waals surface area contributed by atoms with Gasteiger partial charge in [-0.15, -0.1) is 0 Å². The highest BCUT2D eigenvalue weighted by Gasteiger charge is 2.30. The Morgan fingerprint density at radius 3 is 2.75 bits per heavy atom. The molecule has 6 heteroatoms. The van der Waals surface area contributed by atoms with Crippen LogP contribution in [0.2, 0.25) is 0 Å². The Morgan fingerprint density at radius 2 is 2.00 bits per heavy atom. The maximum atomic E-state index is 14.1. The summed E-state index contributed by atoms with van der Waals surface area (Å²) >= 11 is 0. The summed E-state index contributed by atoms with van der Waals surface area (Å²) < 4.78 is 14.1. The highest BCUT2D eigenvalue weighted by molar-refractivity contribution is 5.98. The summed E-state index contributed by atoms with van der Waals surface area (Å²) in [5.41, 5.74) is 4.16. The summed E-state index contributed by atoms with van der Waals surface area (Å²) in [6.45, 7) is 4.00. The van der Waals surface area contributed by atoms with Gasteiger partial charge < -0.3 is 20.9 Å². The fourth-order valence-corrected chi connectivity index (χ4v) is 4.16. The van der Waals surface area contributed by atoms with Crippen LogP contribution in [0.5, 0.6) is 0 Å². The molecule has 0 aliphatic carbocycles. The Balaban J connectivity index is 1.44. The Kier molecular flexibility index (Phi) is 5.22. The second-order valence-corrected chi connectivity index (χ2v) is 7.75. The maximum absolute atomic E-state index is 14.1. The lowest BCUT2D eigenvalue weighted by molar-refractivity contribution is -0.116. The maximum Gasteiger partial charge on any atom is 0.247 e. The third-order valence-electron chi connectivity index (χ3n) is 5.88. The molecule has 2 aliphatic rings. The van der Waals surface area contributed by atoms with Crippen molar-refractivity contribution in [3.63, 3.8) is 0 Å². The molecule has 0 radical (unpaired) electrons. The van der Waals surface area contributed by atoms with Crippen molar-refractivity contribution in [2.75, 3.05) is 35.7 Å². The number of nitrogens with zero attached hydrogens (tertiary/aromatic N) is 1. The third kappa shape index (κ3) is 3.69. The summed E-state index contributed by atoms with van der Waals surface area (Å²) in [5, 5.41) is 9.56. The van der Waals surface area contributed by atoms with Gasteiger partial charge in [0.2, 0.25) is 5.91 Å². The number of hydrogen-bond donors (Lipinski definition) is 3. The van der Waals surface area contributed by atoms with E-state index in [9.17, 15) is 9.18 Å². The van der Waals surface area contributed by atoms with E-state index in [0.717, 1.165) is 48.6 Å². The SMILES string of the molecule is Cc1ccc(F)c2c1NC(C(=O)Nc1cccc(N(C)C3CCNCC3)c1)C2. The quantitative estimate of drug-likeness (QED) is 0.760. The third-order valence-corrected chi connectivity index (χ3v) is 5.88. The van der Waals surface area contributed by atoms with Crippen molar-refractivity contribution in [2.45, 2.75) is 38.3 Å². The van der Waals surface area contributed by atoms with Crippen molar-refractivity contribution in [3.8, 4) is 0 Å². The molecule has 2 heterocycles. The number of piperidine rings is 1. The van der Waals surface area contributed by atoms with E-state index in [1.165, 1.54) is 6.07 Å². The van der Waals surface area contributed by atoms with Crippen molar-refractivity contribution < 1.29 is 9.18 Å². The molecule has 2 aliphatic heterocycles. The summed E-state index contributed by atoms with van der Waals surface area (Å²) in [6.07, 6.45) is 2.59. The number of carbonyl (C=O) groups excluding carboxylic acids is 1. The Morgan fingerprint density at radius 1 is 1.21 bits per heavy atom. The molecule has 0 aromatic heterocycles. The second kappa shape index (κ2) is 7.80. The lowest BCUT2D eigenvalue weighted by Gasteiger charge is -2.33. The molecule has 0 spiro atoms. The Bertz CT molecular complexity index is 848. The van der Waals surface area contributed by atoms with E-state index in [0.29, 0.717) is 18.0 Å². The van der Waals surface area contributed by atoms with Gasteiger partial charge in [0.1, 0.15) is 11.9 Å². The lowest BCUT2D eigenvalue weighted by atomic mass is 10.0. The van der Waals surface area contributed by atoms with E-state index in [1.54, 1.807) is 6.07 Å². The van der Waals surface area contributed by atoms with E-state index in [2.05, 4.69) is 34.0 Å². The number of carbonyl (C=O) groups is 1. The van der Waals surface area contributed by atoms with Crippen LogP contribution in [0.1, 0.15) is 24.0 Å². The molecule has 2 aromatic rings. The average Bonchev–Trinajstić information content (AvgIpc) is 3.18. The smallest absolute Gasteiger partial charge is 0.247 e. The zero-order chi connectivity index (χ0) is 19.7. The minimum Gasteiger partial charge on any atom is -0.373 e. The molecule has 1 amide bonds. The molecule has 2 aromatic carbocycles. The number of halogens is 1. The fourth-order valence-electron chi connectivity index (χ4n) is 4.16. The van der Waals surface area contributed by atoms with Crippen LogP contribution in [0, 0.1) is 12.7 Å². The fraction of sp³-hybridized carbons (Fsp3) is 0.409. The van der Waals surface area contributed by atoms with Crippen LogP contribution in [0.25, 0.3) is 0 Å². The molecule has 5 nitrogen and oxygen atoms in total. The van der Waals surface area contributed by atoms with E-state index in [4.69, 9.17) is 0 Å². The largest absolute Gasteiger partial charge is 0.373 e. The van der Waals surface area contributed by atoms with Crippen LogP contribution in [0.3, 0.4) is 0 Å². The van der Waals surface area contributed by atoms with Gasteiger partial charge in [0.15, 0.2) is 0 Å². The van der Waals surface area contributed by atoms with Gasteiger partial charge in [0.05, 0.1) is 0 Å². The number of fused-ring (bicyclic) bond motifs is 1. The summed E-state index contributed by atoms with van der Waals surface area (Å²) in [7, 11) is 2.11. The average molecular weight is 382 g/mol. The van der Waals surface area contributed by atoms with Crippen molar-refractivity contribution >= 4 is 23.0 Å². The van der Waals surface area contributed by atoms with Crippen LogP contribution in [-0.2, 0) is 11.2 Å². The molecule has 1 fully saturated rings. The van der Waals surface area contributed by atoms with Crippen LogP contribution in [0.4, 0.5) is 21.5 Å². The molecule has 0 bridgehead atoms. The molecule has 148 valence electrons. The number of rotatable bonds is 4. The minimum absolute atomic E-state index is 0.142. The molecule has 0 saturated carbocycles. The second-order valence-electron chi connectivity index (χ2n) is 7.75. The van der Waals surface area contributed by atoms with Crippen molar-refractivity contribution in [1.29, 1.82) is 0 Å². The van der Waals surface area contributed by atoms with Crippen molar-refractivity contribution in [3.05, 3.63) is 53.3 Å². The molecular formula is C22H27FN4O. The zero-order valence-corrected chi connectivity index (χ0v) is 16.4. The van der Waals surface area contributed by atoms with Gasteiger partial charge in [-0.2, -0.15) is 0 Å². The Hall–Kier alpha value is -2.60. The van der Waals surface area contributed by atoms with Gasteiger partial charge in [0, 0.05) is 42.1 Å². The minimum atomic E-state index is -0.462. The van der Waals surface area contributed by atoms with Gasteiger partial charge in [-0.3, -0.25) is 4.79 Å². The zero-order valence-electron chi connectivity index (χ0n) is 16.4. The van der Waals surface area contributed by atoms with Crippen LogP contribution in [-0.4, -0.2) is 38.1 Å². The Labute approximate surface area is 165 Å². The first-order chi connectivity index (χ1) is 13.5. The predicted octanol–water partition coefficient (Wildman–Crippen LogP) is 3.30. The molecule has 4 rings (SSSR count). The number of aryl methyl sites for hydroxylation is 1. The van der Waals surface area contributed by atoms with Crippen LogP contribution < -0.4 is 20.9 Å². The van der Waals surface area contributed by atoms with Crippen molar-refractivity contribution in [1.82, 2.24) is 5.32 Å². The van der Waals surface area contributed by atoms with Gasteiger partial charge in [-0.1, -0.05) is 12.1 Å². The summed E-state index contributed by atoms with van der Waals surface area (Å²) in [6, 6.07) is 11.2. The number of nitrogens with one attached hydrogen (secondary N) is 3. The monoisotopic (exact) mass is 382 g/mol. The molecular weight excluding hydrogens is 355 g/mol. The van der Waals surface area contributed by atoms with Crippen LogP contribution in [0.15, 0.2) is 36.4 Å². The lowest BCUT2D eigenvalue weighted by Crippen LogP contribution is -2.41. The van der Waals surface area contributed by atoms with Gasteiger partial charge in [-0.05, 0) is 62.7 Å². The number of benzene rings is 2. The normalized spacial score (nSPS) is 19.0. The number of amides is 1. The topological polar surface area (TPSA) is 56.4 Å². The van der Waals surface area contributed by atoms with E-state index >= 15 is 0 Å². The van der Waals surface area contributed by atoms with Gasteiger partial charge in [0.25, 0.3) is 0 Å². The van der Waals surface area contributed by atoms with Crippen molar-refractivity contribution in [2.24, 2.45) is 0 Å².